The van der Waals surface area contributed by atoms with Gasteiger partial charge in [0.25, 0.3) is 5.91 Å². The summed E-state index contributed by atoms with van der Waals surface area (Å²) in [5.74, 6) is -1.01. The topological polar surface area (TPSA) is 57.6 Å². The Kier molecular flexibility index (Phi) is 5.16. The Hall–Kier alpha value is -2.10. The fraction of sp³-hybridized carbons (Fsp3) is 0.500. The molecule has 1 atom stereocenters. The van der Waals surface area contributed by atoms with Gasteiger partial charge in [-0.05, 0) is 23.0 Å². The first-order chi connectivity index (χ1) is 11.2. The second-order valence-electron chi connectivity index (χ2n) is 7.31. The van der Waals surface area contributed by atoms with Crippen molar-refractivity contribution < 1.29 is 14.7 Å². The molecule has 0 aliphatic carbocycles. The summed E-state index contributed by atoms with van der Waals surface area (Å²) in [6.45, 7) is 10.7. The number of benzene rings is 1. The van der Waals surface area contributed by atoms with E-state index in [1.54, 1.807) is 11.8 Å². The lowest BCUT2D eigenvalue weighted by Gasteiger charge is -2.27. The molecule has 2 rings (SSSR count). The number of aliphatic hydroxyl groups excluding tert-OH is 1. The number of Topliss-reactive ketones (excluding diaryl/α,β-unsaturated/α-hetero) is 1. The van der Waals surface area contributed by atoms with Crippen molar-refractivity contribution in [3.8, 4) is 0 Å². The number of aliphatic hydroxyl groups is 1. The molecule has 0 spiro atoms. The zero-order valence-electron chi connectivity index (χ0n) is 15.2. The molecular weight excluding hydrogens is 302 g/mol. The molecule has 0 aromatic heterocycles. The van der Waals surface area contributed by atoms with Crippen molar-refractivity contribution in [1.29, 1.82) is 0 Å². The molecule has 1 unspecified atom stereocenters. The summed E-state index contributed by atoms with van der Waals surface area (Å²) < 4.78 is 0. The molecule has 0 fully saturated rings. The third-order valence-electron chi connectivity index (χ3n) is 4.48. The largest absolute Gasteiger partial charge is 0.503 e. The standard InChI is InChI=1S/C20H27NO3/c1-6-12-21-17(16(15(22)7-2)18(23)19(21)24)13-8-10-14(11-9-13)20(3,4)5/h8-11,17,23H,6-7,12H2,1-5H3. The fourth-order valence-corrected chi connectivity index (χ4v) is 3.11. The second kappa shape index (κ2) is 6.80. The Morgan fingerprint density at radius 1 is 1.17 bits per heavy atom. The molecule has 1 aromatic carbocycles. The van der Waals surface area contributed by atoms with E-state index in [2.05, 4.69) is 20.8 Å². The minimum atomic E-state index is -0.487. The average Bonchev–Trinajstić information content (AvgIpc) is 2.79. The minimum absolute atomic E-state index is 0.0349. The van der Waals surface area contributed by atoms with Crippen LogP contribution in [0.3, 0.4) is 0 Å². The number of nitrogens with zero attached hydrogens (tertiary/aromatic N) is 1. The van der Waals surface area contributed by atoms with E-state index in [1.165, 1.54) is 5.56 Å². The Morgan fingerprint density at radius 2 is 1.75 bits per heavy atom. The lowest BCUT2D eigenvalue weighted by molar-refractivity contribution is -0.129. The van der Waals surface area contributed by atoms with Gasteiger partial charge in [0.05, 0.1) is 11.6 Å². The van der Waals surface area contributed by atoms with Crippen LogP contribution in [0.5, 0.6) is 0 Å². The molecule has 0 radical (unpaired) electrons. The normalized spacial score (nSPS) is 18.5. The van der Waals surface area contributed by atoms with Crippen LogP contribution in [0, 0.1) is 0 Å². The molecule has 1 aliphatic heterocycles. The molecule has 0 saturated carbocycles. The predicted molar refractivity (Wildman–Crippen MR) is 94.8 cm³/mol. The Morgan fingerprint density at radius 3 is 2.21 bits per heavy atom. The van der Waals surface area contributed by atoms with Gasteiger partial charge >= 0.3 is 0 Å². The van der Waals surface area contributed by atoms with Crippen LogP contribution in [-0.4, -0.2) is 28.2 Å². The summed E-state index contributed by atoms with van der Waals surface area (Å²) >= 11 is 0. The van der Waals surface area contributed by atoms with Gasteiger partial charge in [-0.3, -0.25) is 9.59 Å². The van der Waals surface area contributed by atoms with Gasteiger partial charge < -0.3 is 10.0 Å². The molecular formula is C20H27NO3. The third-order valence-corrected chi connectivity index (χ3v) is 4.48. The first kappa shape index (κ1) is 18.2. The van der Waals surface area contributed by atoms with Crippen molar-refractivity contribution >= 4 is 11.7 Å². The predicted octanol–water partition coefficient (Wildman–Crippen LogP) is 4.07. The van der Waals surface area contributed by atoms with Gasteiger partial charge in [0.1, 0.15) is 0 Å². The zero-order valence-corrected chi connectivity index (χ0v) is 15.2. The van der Waals surface area contributed by atoms with E-state index in [0.29, 0.717) is 6.54 Å². The SMILES string of the molecule is CCCN1C(=O)C(O)=C(C(=O)CC)C1c1ccc(C(C)(C)C)cc1. The molecule has 4 heteroatoms. The van der Waals surface area contributed by atoms with E-state index in [1.807, 2.05) is 31.2 Å². The number of carbonyl (C=O) groups is 2. The highest BCUT2D eigenvalue weighted by molar-refractivity contribution is 6.08. The van der Waals surface area contributed by atoms with Crippen LogP contribution in [0.1, 0.15) is 64.6 Å². The number of hydrogen-bond donors (Lipinski definition) is 1. The van der Waals surface area contributed by atoms with E-state index < -0.39 is 11.9 Å². The quantitative estimate of drug-likeness (QED) is 0.886. The van der Waals surface area contributed by atoms with Gasteiger partial charge in [-0.1, -0.05) is 58.9 Å². The number of amides is 1. The van der Waals surface area contributed by atoms with Gasteiger partial charge in [0.15, 0.2) is 11.5 Å². The first-order valence-corrected chi connectivity index (χ1v) is 8.60. The Labute approximate surface area is 144 Å². The van der Waals surface area contributed by atoms with Crippen LogP contribution in [0.15, 0.2) is 35.6 Å². The van der Waals surface area contributed by atoms with Crippen molar-refractivity contribution in [2.24, 2.45) is 0 Å². The summed E-state index contributed by atoms with van der Waals surface area (Å²) in [6.07, 6.45) is 1.03. The molecule has 24 heavy (non-hydrogen) atoms. The molecule has 4 nitrogen and oxygen atoms in total. The van der Waals surface area contributed by atoms with Crippen molar-refractivity contribution in [1.82, 2.24) is 4.90 Å². The van der Waals surface area contributed by atoms with E-state index in [4.69, 9.17) is 0 Å². The average molecular weight is 329 g/mol. The highest BCUT2D eigenvalue weighted by Gasteiger charge is 2.42. The van der Waals surface area contributed by atoms with Crippen LogP contribution in [0.2, 0.25) is 0 Å². The maximum Gasteiger partial charge on any atom is 0.290 e. The minimum Gasteiger partial charge on any atom is -0.503 e. The number of hydrogen-bond acceptors (Lipinski definition) is 3. The molecule has 0 saturated heterocycles. The van der Waals surface area contributed by atoms with Crippen molar-refractivity contribution in [2.75, 3.05) is 6.54 Å². The van der Waals surface area contributed by atoms with Crippen molar-refractivity contribution in [3.05, 3.63) is 46.7 Å². The van der Waals surface area contributed by atoms with Crippen LogP contribution >= 0.6 is 0 Å². The van der Waals surface area contributed by atoms with E-state index in [9.17, 15) is 14.7 Å². The number of carbonyl (C=O) groups excluding carboxylic acids is 2. The summed E-state index contributed by atoms with van der Waals surface area (Å²) in [5.41, 5.74) is 2.33. The highest BCUT2D eigenvalue weighted by Crippen LogP contribution is 2.38. The maximum absolute atomic E-state index is 12.4. The van der Waals surface area contributed by atoms with Crippen LogP contribution in [0.4, 0.5) is 0 Å². The monoisotopic (exact) mass is 329 g/mol. The zero-order chi connectivity index (χ0) is 18.1. The summed E-state index contributed by atoms with van der Waals surface area (Å²) in [5, 5.41) is 10.2. The lowest BCUT2D eigenvalue weighted by Crippen LogP contribution is -2.31. The van der Waals surface area contributed by atoms with E-state index in [-0.39, 0.29) is 29.0 Å². The first-order valence-electron chi connectivity index (χ1n) is 8.60. The van der Waals surface area contributed by atoms with Crippen molar-refractivity contribution in [3.63, 3.8) is 0 Å². The fourth-order valence-electron chi connectivity index (χ4n) is 3.11. The van der Waals surface area contributed by atoms with Crippen LogP contribution < -0.4 is 0 Å². The van der Waals surface area contributed by atoms with E-state index in [0.717, 1.165) is 12.0 Å². The maximum atomic E-state index is 12.4. The van der Waals surface area contributed by atoms with Gasteiger partial charge in [0.2, 0.25) is 0 Å². The Balaban J connectivity index is 2.49. The molecule has 1 aromatic rings. The highest BCUT2D eigenvalue weighted by atomic mass is 16.3. The lowest BCUT2D eigenvalue weighted by atomic mass is 9.85. The summed E-state index contributed by atoms with van der Waals surface area (Å²) in [7, 11) is 0. The van der Waals surface area contributed by atoms with E-state index >= 15 is 0 Å². The molecule has 1 aliphatic rings. The van der Waals surface area contributed by atoms with Crippen LogP contribution in [0.25, 0.3) is 0 Å². The molecule has 1 heterocycles. The number of rotatable bonds is 5. The molecule has 1 amide bonds. The molecule has 1 N–H and O–H groups in total. The Bertz CT molecular complexity index is 665. The van der Waals surface area contributed by atoms with Gasteiger partial charge in [-0.2, -0.15) is 0 Å². The van der Waals surface area contributed by atoms with Gasteiger partial charge in [0, 0.05) is 13.0 Å². The second-order valence-corrected chi connectivity index (χ2v) is 7.31. The van der Waals surface area contributed by atoms with Crippen LogP contribution in [-0.2, 0) is 15.0 Å². The third kappa shape index (κ3) is 3.23. The van der Waals surface area contributed by atoms with Crippen molar-refractivity contribution in [2.45, 2.75) is 58.9 Å². The summed E-state index contributed by atoms with van der Waals surface area (Å²) in [6, 6.07) is 7.51. The summed E-state index contributed by atoms with van der Waals surface area (Å²) in [4.78, 5) is 26.3. The van der Waals surface area contributed by atoms with Gasteiger partial charge in [-0.25, -0.2) is 0 Å². The number of ketones is 1. The smallest absolute Gasteiger partial charge is 0.290 e. The molecule has 0 bridgehead atoms. The van der Waals surface area contributed by atoms with Gasteiger partial charge in [-0.15, -0.1) is 0 Å². The molecule has 130 valence electrons.